The van der Waals surface area contributed by atoms with E-state index in [1.54, 1.807) is 39.8 Å². The molecule has 14 atom stereocenters. The van der Waals surface area contributed by atoms with Crippen molar-refractivity contribution < 1.29 is 78.2 Å². The highest BCUT2D eigenvalue weighted by molar-refractivity contribution is 5.95. The molecule has 7 rings (SSSR count). The molecule has 4 fully saturated rings. The zero-order valence-electron chi connectivity index (χ0n) is 48.7. The van der Waals surface area contributed by atoms with E-state index in [4.69, 9.17) is 28.4 Å². The van der Waals surface area contributed by atoms with Gasteiger partial charge in [-0.1, -0.05) is 38.1 Å². The van der Waals surface area contributed by atoms with Crippen LogP contribution in [0, 0.1) is 22.7 Å². The number of benzene rings is 2. The summed E-state index contributed by atoms with van der Waals surface area (Å²) in [5, 5.41) is 65.8. The molecule has 2 aromatic rings. The monoisotopic (exact) mass is 1120 g/mol. The first-order valence-electron chi connectivity index (χ1n) is 30.6. The number of aliphatic hydroxyl groups excluding tert-OH is 2. The molecule has 80 heavy (non-hydrogen) atoms. The van der Waals surface area contributed by atoms with E-state index in [2.05, 4.69) is 0 Å². The number of cyclic esters (lactones) is 2. The average molecular weight is 1120 g/mol. The van der Waals surface area contributed by atoms with Gasteiger partial charge < -0.3 is 59.1 Å². The number of aryl methyl sites for hydroxylation is 2. The molecular formula is C64H96O16. The number of carboxylic acid groups (broad SMARTS) is 2. The zero-order chi connectivity index (χ0) is 57.7. The van der Waals surface area contributed by atoms with Crippen LogP contribution in [0.2, 0.25) is 0 Å². The highest BCUT2D eigenvalue weighted by Crippen LogP contribution is 2.39. The molecule has 4 saturated heterocycles. The Morgan fingerprint density at radius 2 is 0.838 bits per heavy atom. The number of phenolic OH excluding ortho intramolecular Hbond substituents is 2. The van der Waals surface area contributed by atoms with Gasteiger partial charge in [-0.25, -0.2) is 9.59 Å². The van der Waals surface area contributed by atoms with Crippen LogP contribution in [0.3, 0.4) is 0 Å². The fourth-order valence-corrected chi connectivity index (χ4v) is 13.2. The van der Waals surface area contributed by atoms with Crippen molar-refractivity contribution in [3.63, 3.8) is 0 Å². The van der Waals surface area contributed by atoms with Gasteiger partial charge in [0.25, 0.3) is 0 Å². The Morgan fingerprint density at radius 3 is 1.21 bits per heavy atom. The van der Waals surface area contributed by atoms with Crippen molar-refractivity contribution in [1.82, 2.24) is 0 Å². The molecule has 6 N–H and O–H groups in total. The Labute approximate surface area is 475 Å². The molecule has 5 aliphatic rings. The van der Waals surface area contributed by atoms with Gasteiger partial charge in [0, 0.05) is 12.8 Å². The SMILES string of the molecule is C[C@H]1CC[C@@H]2CCC[C@H](CCCc3cccc(O)c3C(=O)O[C@H](C[C@@H](O)C[C@@H]3CCC[C@H](C(C)(C)C(=O)O)O3)[C@@H](C)CC[C@@H]3CCC[C@H](CCCc4cccc(O)c4C(=O)O[C@@H]1C[C@@H](O)CC1CCC[C@H](C(C)(C)C(=O)O)O1)O3)O2. The summed E-state index contributed by atoms with van der Waals surface area (Å²) in [6, 6.07) is 10.2. The van der Waals surface area contributed by atoms with E-state index in [1.165, 1.54) is 12.1 Å². The average Bonchev–Trinajstić information content (AvgIpc) is 3.42. The third kappa shape index (κ3) is 17.4. The number of carbonyl (C=O) groups is 4. The fourth-order valence-electron chi connectivity index (χ4n) is 13.2. The Balaban J connectivity index is 1.08. The molecule has 1 unspecified atom stereocenters. The minimum atomic E-state index is -1.09. The summed E-state index contributed by atoms with van der Waals surface area (Å²) in [6.45, 7) is 10.7. The first-order valence-corrected chi connectivity index (χ1v) is 30.6. The van der Waals surface area contributed by atoms with Gasteiger partial charge in [0.15, 0.2) is 0 Å². The van der Waals surface area contributed by atoms with Crippen molar-refractivity contribution in [1.29, 1.82) is 0 Å². The van der Waals surface area contributed by atoms with Gasteiger partial charge in [0.05, 0.1) is 71.9 Å². The van der Waals surface area contributed by atoms with Gasteiger partial charge in [-0.15, -0.1) is 0 Å². The predicted octanol–water partition coefficient (Wildman–Crippen LogP) is 11.6. The number of carboxylic acids is 2. The van der Waals surface area contributed by atoms with Gasteiger partial charge in [-0.05, 0) is 217 Å². The molecule has 16 heteroatoms. The van der Waals surface area contributed by atoms with Gasteiger partial charge in [0.1, 0.15) is 34.8 Å². The first-order chi connectivity index (χ1) is 38.1. The summed E-state index contributed by atoms with van der Waals surface area (Å²) in [5.74, 6) is -3.90. The number of hydrogen-bond donors (Lipinski definition) is 6. The third-order valence-corrected chi connectivity index (χ3v) is 18.6. The number of aliphatic hydroxyl groups is 2. The molecule has 4 bridgehead atoms. The third-order valence-electron chi connectivity index (χ3n) is 18.6. The minimum absolute atomic E-state index is 0.0299. The van der Waals surface area contributed by atoms with E-state index in [0.717, 1.165) is 64.2 Å². The van der Waals surface area contributed by atoms with E-state index >= 15 is 0 Å². The molecule has 0 radical (unpaired) electrons. The van der Waals surface area contributed by atoms with Gasteiger partial charge in [-0.2, -0.15) is 0 Å². The predicted molar refractivity (Wildman–Crippen MR) is 301 cm³/mol. The van der Waals surface area contributed by atoms with Crippen molar-refractivity contribution >= 4 is 23.9 Å². The summed E-state index contributed by atoms with van der Waals surface area (Å²) in [4.78, 5) is 53.1. The van der Waals surface area contributed by atoms with Crippen LogP contribution in [0.5, 0.6) is 11.5 Å². The maximum absolute atomic E-state index is 14.4. The number of hydrogen-bond acceptors (Lipinski definition) is 14. The number of aliphatic carboxylic acids is 2. The molecule has 0 saturated carbocycles. The number of carbonyl (C=O) groups excluding carboxylic acids is 2. The van der Waals surface area contributed by atoms with Crippen LogP contribution in [0.25, 0.3) is 0 Å². The minimum Gasteiger partial charge on any atom is -0.507 e. The summed E-state index contributed by atoms with van der Waals surface area (Å²) in [7, 11) is 0. The molecule has 0 amide bonds. The van der Waals surface area contributed by atoms with Crippen molar-refractivity contribution in [2.75, 3.05) is 0 Å². The second-order valence-electron chi connectivity index (χ2n) is 25.7. The molecule has 448 valence electrons. The number of phenols is 2. The number of rotatable bonds is 12. The lowest BCUT2D eigenvalue weighted by Crippen LogP contribution is -2.44. The second kappa shape index (κ2) is 29.3. The zero-order valence-corrected chi connectivity index (χ0v) is 48.7. The van der Waals surface area contributed by atoms with Gasteiger partial charge in [-0.3, -0.25) is 9.59 Å². The molecule has 5 aliphatic heterocycles. The lowest BCUT2D eigenvalue weighted by atomic mass is 9.81. The van der Waals surface area contributed by atoms with Crippen LogP contribution >= 0.6 is 0 Å². The van der Waals surface area contributed by atoms with Gasteiger partial charge in [0.2, 0.25) is 0 Å². The number of fused-ring (bicyclic) bond motifs is 6. The highest BCUT2D eigenvalue weighted by atomic mass is 16.6. The van der Waals surface area contributed by atoms with E-state index in [-0.39, 0.29) is 96.8 Å². The summed E-state index contributed by atoms with van der Waals surface area (Å²) in [5.41, 5.74) is -0.609. The molecule has 0 spiro atoms. The van der Waals surface area contributed by atoms with Crippen LogP contribution in [0.15, 0.2) is 36.4 Å². The lowest BCUT2D eigenvalue weighted by Gasteiger charge is -2.38. The Hall–Kier alpha value is -4.32. The van der Waals surface area contributed by atoms with Crippen molar-refractivity contribution in [3.8, 4) is 11.5 Å². The first kappa shape index (κ1) is 63.3. The van der Waals surface area contributed by atoms with Crippen LogP contribution in [-0.2, 0) is 50.9 Å². The van der Waals surface area contributed by atoms with Crippen molar-refractivity contribution in [2.45, 2.75) is 282 Å². The van der Waals surface area contributed by atoms with Gasteiger partial charge >= 0.3 is 23.9 Å². The Kier molecular flexibility index (Phi) is 23.2. The maximum Gasteiger partial charge on any atom is 0.342 e. The smallest absolute Gasteiger partial charge is 0.342 e. The Morgan fingerprint density at radius 1 is 0.487 bits per heavy atom. The summed E-state index contributed by atoms with van der Waals surface area (Å²) in [6.07, 6.45) is 11.7. The Bertz CT molecular complexity index is 2170. The van der Waals surface area contributed by atoms with E-state index in [9.17, 15) is 49.8 Å². The van der Waals surface area contributed by atoms with E-state index in [0.29, 0.717) is 88.2 Å². The topological polar surface area (TPSA) is 245 Å². The van der Waals surface area contributed by atoms with Crippen LogP contribution in [-0.4, -0.2) is 128 Å². The normalized spacial score (nSPS) is 31.4. The second-order valence-corrected chi connectivity index (χ2v) is 25.7. The van der Waals surface area contributed by atoms with Crippen LogP contribution in [0.1, 0.15) is 227 Å². The van der Waals surface area contributed by atoms with E-state index in [1.807, 2.05) is 26.0 Å². The van der Waals surface area contributed by atoms with Crippen molar-refractivity contribution in [3.05, 3.63) is 58.7 Å². The van der Waals surface area contributed by atoms with Crippen LogP contribution < -0.4 is 0 Å². The standard InChI is InChI=1S/C64H96O16/c1-39-31-33-47-23-11-21-45(75-47)19-8-16-42-18-10-28-52(68)58(42)60(70)80-54(38-44(66)36-50-26-14-30-56(78-50)64(5,6)62(73)74)40(2)32-34-48-24-12-22-46(76-48)20-7-15-41-17-9-27-51(67)57(41)59(69)79-53(39)37-43(65)35-49-25-13-29-55(77-49)63(3,4)61(71)72/h9-10,17-18,27-28,39-40,43-50,53-56,65-68H,7-8,11-16,19-26,29-38H2,1-6H3,(H,71,72)(H,73,74)/t39-,40-,43-,44-,45-,46-,47-,48-,49-,50?,53+,54+,55+,56+/m0/s1. The molecule has 2 aromatic carbocycles. The number of aromatic hydroxyl groups is 2. The summed E-state index contributed by atoms with van der Waals surface area (Å²) < 4.78 is 38.9. The molecule has 5 heterocycles. The quantitative estimate of drug-likeness (QED) is 0.108. The van der Waals surface area contributed by atoms with E-state index < -0.39 is 71.3 Å². The molecule has 0 aromatic heterocycles. The number of esters is 2. The molecular weight excluding hydrogens is 1020 g/mol. The molecule has 16 nitrogen and oxygen atoms in total. The highest BCUT2D eigenvalue weighted by Gasteiger charge is 2.43. The lowest BCUT2D eigenvalue weighted by molar-refractivity contribution is -0.168. The maximum atomic E-state index is 14.4. The summed E-state index contributed by atoms with van der Waals surface area (Å²) >= 11 is 0. The largest absolute Gasteiger partial charge is 0.507 e. The van der Waals surface area contributed by atoms with Crippen LogP contribution in [0.4, 0.5) is 0 Å². The molecule has 0 aliphatic carbocycles. The fraction of sp³-hybridized carbons (Fsp3) is 0.750. The van der Waals surface area contributed by atoms with Crippen molar-refractivity contribution in [2.24, 2.45) is 22.7 Å². The number of ether oxygens (including phenoxy) is 6.